The number of nitrogens with zero attached hydrogens (tertiary/aromatic N) is 2. The van der Waals surface area contributed by atoms with Crippen molar-refractivity contribution in [3.8, 4) is 0 Å². The van der Waals surface area contributed by atoms with Gasteiger partial charge in [0.05, 0.1) is 5.69 Å². The van der Waals surface area contributed by atoms with Gasteiger partial charge in [-0.25, -0.2) is 0 Å². The maximum atomic E-state index is 11.8. The summed E-state index contributed by atoms with van der Waals surface area (Å²) < 4.78 is 0. The number of rotatable bonds is 2. The van der Waals surface area contributed by atoms with Crippen molar-refractivity contribution in [2.24, 2.45) is 0 Å². The minimum absolute atomic E-state index is 0.255. The van der Waals surface area contributed by atoms with Crippen molar-refractivity contribution >= 4 is 17.9 Å². The summed E-state index contributed by atoms with van der Waals surface area (Å²) in [7, 11) is 0. The fraction of sp³-hybridized carbons (Fsp3) is 0.250. The van der Waals surface area contributed by atoms with Crippen molar-refractivity contribution in [2.45, 2.75) is 13.3 Å². The van der Waals surface area contributed by atoms with Crippen LogP contribution in [0.5, 0.6) is 0 Å². The first-order valence-corrected chi connectivity index (χ1v) is 5.39. The van der Waals surface area contributed by atoms with Gasteiger partial charge in [-0.1, -0.05) is 6.08 Å². The number of aryl methyl sites for hydroxylation is 1. The molecule has 2 heterocycles. The molecule has 0 fully saturated rings. The van der Waals surface area contributed by atoms with Crippen molar-refractivity contribution in [3.63, 3.8) is 0 Å². The average Bonchev–Trinajstić information content (AvgIpc) is 2.72. The summed E-state index contributed by atoms with van der Waals surface area (Å²) in [5.74, 6) is -0.547. The Balaban J connectivity index is 2.07. The van der Waals surface area contributed by atoms with Gasteiger partial charge in [0.25, 0.3) is 11.8 Å². The van der Waals surface area contributed by atoms with Crippen molar-refractivity contribution in [3.05, 3.63) is 35.7 Å². The summed E-state index contributed by atoms with van der Waals surface area (Å²) in [6.45, 7) is 2.29. The van der Waals surface area contributed by atoms with Crippen LogP contribution in [0.2, 0.25) is 0 Å². The van der Waals surface area contributed by atoms with Crippen molar-refractivity contribution in [2.75, 3.05) is 6.54 Å². The molecule has 0 bridgehead atoms. The normalized spacial score (nSPS) is 15.8. The van der Waals surface area contributed by atoms with Crippen LogP contribution in [-0.2, 0) is 9.59 Å². The first kappa shape index (κ1) is 11.3. The molecule has 88 valence electrons. The van der Waals surface area contributed by atoms with Gasteiger partial charge < -0.3 is 0 Å². The third-order valence-electron chi connectivity index (χ3n) is 2.59. The number of carbonyl (C=O) groups is 2. The van der Waals surface area contributed by atoms with E-state index in [1.54, 1.807) is 18.3 Å². The molecular formula is C12H13N3O2. The molecule has 1 N–H and O–H groups in total. The van der Waals surface area contributed by atoms with E-state index in [2.05, 4.69) is 10.2 Å². The van der Waals surface area contributed by atoms with Crippen molar-refractivity contribution < 1.29 is 9.59 Å². The van der Waals surface area contributed by atoms with Gasteiger partial charge in [0, 0.05) is 24.4 Å². The van der Waals surface area contributed by atoms with Crippen LogP contribution in [0, 0.1) is 6.92 Å². The minimum Gasteiger partial charge on any atom is -0.285 e. The molecule has 0 aromatic carbocycles. The van der Waals surface area contributed by atoms with Crippen LogP contribution in [0.15, 0.2) is 24.4 Å². The molecule has 0 aliphatic carbocycles. The summed E-state index contributed by atoms with van der Waals surface area (Å²) in [5.41, 5.74) is 1.66. The van der Waals surface area contributed by atoms with Crippen LogP contribution < -0.4 is 0 Å². The van der Waals surface area contributed by atoms with Gasteiger partial charge in [-0.05, 0) is 25.5 Å². The Morgan fingerprint density at radius 2 is 2.41 bits per heavy atom. The largest absolute Gasteiger partial charge is 0.285 e. The van der Waals surface area contributed by atoms with E-state index >= 15 is 0 Å². The molecule has 0 radical (unpaired) electrons. The van der Waals surface area contributed by atoms with E-state index in [9.17, 15) is 9.59 Å². The van der Waals surface area contributed by atoms with E-state index in [1.165, 1.54) is 17.1 Å². The lowest BCUT2D eigenvalue weighted by Crippen LogP contribution is -2.37. The van der Waals surface area contributed by atoms with E-state index in [4.69, 9.17) is 0 Å². The van der Waals surface area contributed by atoms with E-state index in [0.29, 0.717) is 6.54 Å². The maximum absolute atomic E-state index is 11.8. The van der Waals surface area contributed by atoms with E-state index in [1.807, 2.05) is 6.92 Å². The SMILES string of the molecule is Cc1n[nH]cc1/C=C/C(=O)N1CCC=CC1=O. The first-order chi connectivity index (χ1) is 8.18. The minimum atomic E-state index is -0.292. The Bertz CT molecular complexity index is 500. The van der Waals surface area contributed by atoms with E-state index < -0.39 is 0 Å². The van der Waals surface area contributed by atoms with Crippen LogP contribution in [0.3, 0.4) is 0 Å². The zero-order valence-electron chi connectivity index (χ0n) is 9.51. The molecule has 17 heavy (non-hydrogen) atoms. The topological polar surface area (TPSA) is 66.1 Å². The van der Waals surface area contributed by atoms with Crippen molar-refractivity contribution in [1.29, 1.82) is 0 Å². The smallest absolute Gasteiger partial charge is 0.253 e. The highest BCUT2D eigenvalue weighted by atomic mass is 16.2. The van der Waals surface area contributed by atoms with Crippen LogP contribution in [-0.4, -0.2) is 33.5 Å². The molecule has 0 atom stereocenters. The summed E-state index contributed by atoms with van der Waals surface area (Å²) in [4.78, 5) is 24.4. The highest BCUT2D eigenvalue weighted by Crippen LogP contribution is 2.08. The van der Waals surface area contributed by atoms with Gasteiger partial charge in [0.1, 0.15) is 0 Å². The Hall–Kier alpha value is -2.17. The Kier molecular flexibility index (Phi) is 3.18. The van der Waals surface area contributed by atoms with Crippen LogP contribution >= 0.6 is 0 Å². The fourth-order valence-corrected chi connectivity index (χ4v) is 1.59. The summed E-state index contributed by atoms with van der Waals surface area (Å²) in [5, 5.41) is 6.65. The number of imide groups is 1. The zero-order chi connectivity index (χ0) is 12.3. The Labute approximate surface area is 98.8 Å². The lowest BCUT2D eigenvalue weighted by atomic mass is 10.2. The number of nitrogens with one attached hydrogen (secondary N) is 1. The number of H-pyrrole nitrogens is 1. The third-order valence-corrected chi connectivity index (χ3v) is 2.59. The van der Waals surface area contributed by atoms with Gasteiger partial charge >= 0.3 is 0 Å². The number of aromatic amines is 1. The Morgan fingerprint density at radius 1 is 1.59 bits per heavy atom. The van der Waals surface area contributed by atoms with Gasteiger partial charge in [0.2, 0.25) is 0 Å². The summed E-state index contributed by atoms with van der Waals surface area (Å²) in [6, 6.07) is 0. The van der Waals surface area contributed by atoms with Gasteiger partial charge in [-0.15, -0.1) is 0 Å². The highest BCUT2D eigenvalue weighted by molar-refractivity contribution is 6.06. The molecule has 1 aromatic rings. The van der Waals surface area contributed by atoms with Crippen molar-refractivity contribution in [1.82, 2.24) is 15.1 Å². The number of amides is 2. The average molecular weight is 231 g/mol. The lowest BCUT2D eigenvalue weighted by molar-refractivity contribution is -0.139. The molecule has 1 aromatic heterocycles. The maximum Gasteiger partial charge on any atom is 0.253 e. The number of carbonyl (C=O) groups excluding carboxylic acids is 2. The number of hydrogen-bond acceptors (Lipinski definition) is 3. The standard InChI is InChI=1S/C12H13N3O2/c1-9-10(8-13-14-9)5-6-12(17)15-7-3-2-4-11(15)16/h2,4-6,8H,3,7H2,1H3,(H,13,14)/b6-5+. The first-order valence-electron chi connectivity index (χ1n) is 5.39. The molecule has 0 unspecified atom stereocenters. The third kappa shape index (κ3) is 2.50. The monoisotopic (exact) mass is 231 g/mol. The van der Waals surface area contributed by atoms with Crippen LogP contribution in [0.4, 0.5) is 0 Å². The quantitative estimate of drug-likeness (QED) is 0.773. The molecule has 2 amide bonds. The second kappa shape index (κ2) is 4.78. The molecule has 5 nitrogen and oxygen atoms in total. The fourth-order valence-electron chi connectivity index (χ4n) is 1.59. The van der Waals surface area contributed by atoms with Gasteiger partial charge in [-0.2, -0.15) is 5.10 Å². The van der Waals surface area contributed by atoms with Gasteiger partial charge in [0.15, 0.2) is 0 Å². The zero-order valence-corrected chi connectivity index (χ0v) is 9.51. The van der Waals surface area contributed by atoms with Crippen LogP contribution in [0.25, 0.3) is 6.08 Å². The van der Waals surface area contributed by atoms with Gasteiger partial charge in [-0.3, -0.25) is 19.6 Å². The molecule has 1 aliphatic rings. The highest BCUT2D eigenvalue weighted by Gasteiger charge is 2.18. The predicted octanol–water partition coefficient (Wildman–Crippen LogP) is 1.05. The molecule has 2 rings (SSSR count). The van der Waals surface area contributed by atoms with Crippen LogP contribution in [0.1, 0.15) is 17.7 Å². The van der Waals surface area contributed by atoms with E-state index in [0.717, 1.165) is 17.7 Å². The second-order valence-electron chi connectivity index (χ2n) is 3.78. The predicted molar refractivity (Wildman–Crippen MR) is 62.8 cm³/mol. The molecule has 0 saturated carbocycles. The number of hydrogen-bond donors (Lipinski definition) is 1. The second-order valence-corrected chi connectivity index (χ2v) is 3.78. The van der Waals surface area contributed by atoms with E-state index in [-0.39, 0.29) is 11.8 Å². The molecular weight excluding hydrogens is 218 g/mol. The summed E-state index contributed by atoms with van der Waals surface area (Å²) in [6.07, 6.45) is 8.68. The summed E-state index contributed by atoms with van der Waals surface area (Å²) >= 11 is 0. The molecule has 0 saturated heterocycles. The molecule has 5 heteroatoms. The Morgan fingerprint density at radius 3 is 3.06 bits per heavy atom. The lowest BCUT2D eigenvalue weighted by Gasteiger charge is -2.19. The molecule has 1 aliphatic heterocycles. The number of aromatic nitrogens is 2. The molecule has 0 spiro atoms.